The molecule has 0 unspecified atom stereocenters. The number of benzene rings is 7. The normalized spacial score (nSPS) is 24.7. The van der Waals surface area contributed by atoms with Crippen LogP contribution in [0.2, 0.25) is 0 Å². The van der Waals surface area contributed by atoms with Gasteiger partial charge in [0.1, 0.15) is 37.6 Å². The van der Waals surface area contributed by atoms with Gasteiger partial charge in [-0.15, -0.1) is 0 Å². The summed E-state index contributed by atoms with van der Waals surface area (Å²) < 4.78 is 92.4. The largest absolute Gasteiger partial charge is 0.463 e. The maximum atomic E-state index is 14.6. The lowest BCUT2D eigenvalue weighted by atomic mass is 9.95. The minimum absolute atomic E-state index is 0.0118. The molecule has 0 amide bonds. The van der Waals surface area contributed by atoms with Gasteiger partial charge in [-0.25, -0.2) is 33.6 Å². The van der Waals surface area contributed by atoms with E-state index in [1.807, 2.05) is 0 Å². The molecule has 10 rings (SSSR count). The zero-order valence-electron chi connectivity index (χ0n) is 53.1. The van der Waals surface area contributed by atoms with E-state index < -0.39 is 172 Å². The van der Waals surface area contributed by atoms with Gasteiger partial charge in [-0.1, -0.05) is 127 Å². The number of aliphatic hydroxyl groups excluding tert-OH is 1. The lowest BCUT2D eigenvalue weighted by Gasteiger charge is -2.48. The molecule has 26 heteroatoms. The van der Waals surface area contributed by atoms with Crippen LogP contribution in [-0.4, -0.2) is 177 Å². The SMILES string of the molecule is CC(=O)OC[C@H]1O[C@@H](OC[C@H]2O[C@H](O)[C@H](OC(C)=O)[C@@H](O[C@@H]3O[C@H](COC(=O)c4ccccc4)[C@@H](OC(=O)c4ccccc4)[C@H](OC(=O)c4ccccc4)[C@H]3OC(=O)c3ccccc3)[C@@H]2OC(C)=O)[C@H](OC(=O)c2ccccc2)[C@@H](OC(=O)c2ccccc2)[C@@H]1OC(=O)c1ccccc1. The molecule has 3 saturated heterocycles. The summed E-state index contributed by atoms with van der Waals surface area (Å²) in [7, 11) is 0. The van der Waals surface area contributed by atoms with E-state index >= 15 is 0 Å². The molecule has 0 radical (unpaired) electrons. The van der Waals surface area contributed by atoms with Crippen LogP contribution in [0.25, 0.3) is 0 Å². The first-order chi connectivity index (χ1) is 47.9. The van der Waals surface area contributed by atoms with Crippen molar-refractivity contribution >= 4 is 59.7 Å². The molecule has 3 heterocycles. The molecule has 3 aliphatic heterocycles. The third kappa shape index (κ3) is 18.6. The molecule has 0 aliphatic carbocycles. The Balaban J connectivity index is 1.07. The van der Waals surface area contributed by atoms with Crippen molar-refractivity contribution in [3.63, 3.8) is 0 Å². The molecule has 1 N–H and O–H groups in total. The van der Waals surface area contributed by atoms with Crippen LogP contribution in [0.5, 0.6) is 0 Å². The van der Waals surface area contributed by atoms with E-state index in [2.05, 4.69) is 0 Å². The summed E-state index contributed by atoms with van der Waals surface area (Å²) in [5, 5.41) is 12.2. The van der Waals surface area contributed by atoms with Crippen LogP contribution in [0.15, 0.2) is 212 Å². The molecule has 15 atom stereocenters. The number of carbonyl (C=O) groups is 10. The quantitative estimate of drug-likeness (QED) is 0.0462. The van der Waals surface area contributed by atoms with Gasteiger partial charge in [0.05, 0.1) is 45.6 Å². The summed E-state index contributed by atoms with van der Waals surface area (Å²) in [6.45, 7) is 0.481. The van der Waals surface area contributed by atoms with Crippen LogP contribution in [-0.2, 0) is 85.4 Å². The predicted molar refractivity (Wildman–Crippen MR) is 337 cm³/mol. The van der Waals surface area contributed by atoms with Crippen molar-refractivity contribution in [2.45, 2.75) is 113 Å². The minimum Gasteiger partial charge on any atom is -0.463 e. The Hall–Kier alpha value is -11.0. The smallest absolute Gasteiger partial charge is 0.338 e. The Labute approximate surface area is 565 Å². The van der Waals surface area contributed by atoms with Crippen molar-refractivity contribution in [3.8, 4) is 0 Å². The molecule has 514 valence electrons. The highest BCUT2D eigenvalue weighted by molar-refractivity contribution is 5.93. The van der Waals surface area contributed by atoms with E-state index in [-0.39, 0.29) is 38.9 Å². The highest BCUT2D eigenvalue weighted by atomic mass is 16.8. The van der Waals surface area contributed by atoms with Crippen LogP contribution in [0.3, 0.4) is 0 Å². The number of hydrogen-bond donors (Lipinski definition) is 1. The second-order valence-electron chi connectivity index (χ2n) is 22.4. The first-order valence-corrected chi connectivity index (χ1v) is 31.1. The molecule has 99 heavy (non-hydrogen) atoms. The average Bonchev–Trinajstić information content (AvgIpc) is 0.772. The van der Waals surface area contributed by atoms with Crippen molar-refractivity contribution < 1.29 is 124 Å². The molecule has 7 aromatic rings. The van der Waals surface area contributed by atoms with Gasteiger partial charge >= 0.3 is 59.7 Å². The average molecular weight is 1360 g/mol. The Kier molecular flexibility index (Phi) is 24.2. The number of ether oxygens (including phenoxy) is 15. The van der Waals surface area contributed by atoms with Crippen molar-refractivity contribution in [1.82, 2.24) is 0 Å². The second kappa shape index (κ2) is 33.8. The number of carbonyl (C=O) groups excluding carboxylic acids is 10. The topological polar surface area (TPSA) is 329 Å². The fraction of sp³-hybridized carbons (Fsp3) is 0.288. The van der Waals surface area contributed by atoms with Gasteiger partial charge in [-0.3, -0.25) is 14.4 Å². The Morgan fingerprint density at radius 2 is 0.556 bits per heavy atom. The van der Waals surface area contributed by atoms with Gasteiger partial charge in [0, 0.05) is 20.8 Å². The number of hydrogen-bond acceptors (Lipinski definition) is 26. The van der Waals surface area contributed by atoms with Crippen molar-refractivity contribution in [3.05, 3.63) is 251 Å². The summed E-state index contributed by atoms with van der Waals surface area (Å²) in [5.74, 6) is -10.2. The molecule has 7 aromatic carbocycles. The van der Waals surface area contributed by atoms with Crippen molar-refractivity contribution in [2.75, 3.05) is 19.8 Å². The van der Waals surface area contributed by atoms with Crippen molar-refractivity contribution in [2.24, 2.45) is 0 Å². The molecular formula is C73H66O26. The number of aliphatic hydroxyl groups is 1. The van der Waals surface area contributed by atoms with Crippen LogP contribution in [0.4, 0.5) is 0 Å². The lowest BCUT2D eigenvalue weighted by Crippen LogP contribution is -2.67. The fourth-order valence-corrected chi connectivity index (χ4v) is 10.9. The third-order valence-electron chi connectivity index (χ3n) is 15.5. The van der Waals surface area contributed by atoms with E-state index in [1.54, 1.807) is 78.9 Å². The summed E-state index contributed by atoms with van der Waals surface area (Å²) >= 11 is 0. The van der Waals surface area contributed by atoms with Crippen LogP contribution in [0.1, 0.15) is 93.3 Å². The Morgan fingerprint density at radius 3 is 0.899 bits per heavy atom. The van der Waals surface area contributed by atoms with E-state index in [4.69, 9.17) is 71.1 Å². The summed E-state index contributed by atoms with van der Waals surface area (Å²) in [6.07, 6.45) is -29.7. The van der Waals surface area contributed by atoms with Gasteiger partial charge in [0.25, 0.3) is 0 Å². The highest BCUT2D eigenvalue weighted by Crippen LogP contribution is 2.38. The zero-order chi connectivity index (χ0) is 70.0. The van der Waals surface area contributed by atoms with Gasteiger partial charge in [0.2, 0.25) is 0 Å². The lowest BCUT2D eigenvalue weighted by molar-refractivity contribution is -0.361. The Morgan fingerprint density at radius 1 is 0.283 bits per heavy atom. The summed E-state index contributed by atoms with van der Waals surface area (Å²) in [4.78, 5) is 140. The number of rotatable bonds is 24. The van der Waals surface area contributed by atoms with Gasteiger partial charge in [-0.05, 0) is 84.9 Å². The summed E-state index contributed by atoms with van der Waals surface area (Å²) in [6, 6.07) is 52.7. The molecule has 0 saturated carbocycles. The molecular weight excluding hydrogens is 1290 g/mol. The number of esters is 10. The van der Waals surface area contributed by atoms with Crippen LogP contribution < -0.4 is 0 Å². The highest BCUT2D eigenvalue weighted by Gasteiger charge is 2.59. The van der Waals surface area contributed by atoms with E-state index in [0.29, 0.717) is 0 Å². The van der Waals surface area contributed by atoms with Crippen LogP contribution >= 0.6 is 0 Å². The van der Waals surface area contributed by atoms with Gasteiger partial charge < -0.3 is 76.2 Å². The molecule has 3 fully saturated rings. The maximum absolute atomic E-state index is 14.6. The second-order valence-corrected chi connectivity index (χ2v) is 22.4. The van der Waals surface area contributed by atoms with E-state index in [1.165, 1.54) is 133 Å². The predicted octanol–water partition coefficient (Wildman–Crippen LogP) is 7.19. The van der Waals surface area contributed by atoms with E-state index in [0.717, 1.165) is 20.8 Å². The molecule has 3 aliphatic rings. The van der Waals surface area contributed by atoms with Crippen LogP contribution in [0, 0.1) is 0 Å². The third-order valence-corrected chi connectivity index (χ3v) is 15.5. The first-order valence-electron chi connectivity index (χ1n) is 31.1. The fourth-order valence-electron chi connectivity index (χ4n) is 10.9. The van der Waals surface area contributed by atoms with Crippen molar-refractivity contribution in [1.29, 1.82) is 0 Å². The molecule has 0 bridgehead atoms. The van der Waals surface area contributed by atoms with E-state index in [9.17, 15) is 53.1 Å². The first kappa shape index (κ1) is 70.8. The maximum Gasteiger partial charge on any atom is 0.338 e. The Bertz CT molecular complexity index is 3900. The monoisotopic (exact) mass is 1360 g/mol. The standard InChI is InChI=1S/C73H66O26/c1-42(74)85-39-53-56(93-65(78)46-27-13-5-14-28-46)59(95-67(80)48-31-17-7-18-32-48)62(97-69(82)50-35-21-9-22-36-50)72(91-53)87-41-52-55(88-43(2)75)58(61(71(84)90-52)89-44(3)76)99-73-63(98-70(83)51-37-23-10-24-38-51)60(96-68(81)49-33-19-8-20-34-49)57(94-66(79)47-29-15-6-16-30-47)54(92-73)40-86-64(77)45-25-11-4-12-26-45/h4-38,52-63,71-73,84H,39-41H2,1-3H3/t52-,53-,54-,55-,56-,57-,58+,59+,60+,61-,62-,63-,71+,72-,73+/m1/s1. The minimum atomic E-state index is -2.31. The van der Waals surface area contributed by atoms with Gasteiger partial charge in [-0.2, -0.15) is 0 Å². The molecule has 0 spiro atoms. The molecule has 26 nitrogen and oxygen atoms in total. The van der Waals surface area contributed by atoms with Gasteiger partial charge in [0.15, 0.2) is 67.7 Å². The molecule has 0 aromatic heterocycles. The summed E-state index contributed by atoms with van der Waals surface area (Å²) in [5.41, 5.74) is -0.150. The zero-order valence-corrected chi connectivity index (χ0v) is 53.1.